The molecule has 0 aliphatic rings. The van der Waals surface area contributed by atoms with E-state index in [0.717, 1.165) is 32.1 Å². The van der Waals surface area contributed by atoms with Gasteiger partial charge in [-0.25, -0.2) is 0 Å². The lowest BCUT2D eigenvalue weighted by molar-refractivity contribution is -0.124. The van der Waals surface area contributed by atoms with Crippen molar-refractivity contribution in [2.75, 3.05) is 6.61 Å². The van der Waals surface area contributed by atoms with E-state index in [1.807, 2.05) is 6.08 Å². The van der Waals surface area contributed by atoms with Gasteiger partial charge in [0, 0.05) is 0 Å². The topological polar surface area (TPSA) is 89.8 Å². The van der Waals surface area contributed by atoms with Crippen molar-refractivity contribution in [3.05, 3.63) is 24.3 Å². The third-order valence-corrected chi connectivity index (χ3v) is 7.99. The van der Waals surface area contributed by atoms with Gasteiger partial charge in [0.25, 0.3) is 0 Å². The van der Waals surface area contributed by atoms with Crippen molar-refractivity contribution in [1.29, 1.82) is 0 Å². The normalized spacial score (nSPS) is 14.2. The average molecular weight is 580 g/mol. The van der Waals surface area contributed by atoms with Crippen molar-refractivity contribution >= 4 is 5.91 Å². The number of carbonyl (C=O) groups excluding carboxylic acids is 1. The van der Waals surface area contributed by atoms with Gasteiger partial charge in [0.15, 0.2) is 0 Å². The first-order chi connectivity index (χ1) is 20.0. The molecular weight excluding hydrogens is 510 g/mol. The zero-order valence-corrected chi connectivity index (χ0v) is 27.2. The monoisotopic (exact) mass is 580 g/mol. The summed E-state index contributed by atoms with van der Waals surface area (Å²) < 4.78 is 0. The zero-order valence-electron chi connectivity index (χ0n) is 27.2. The smallest absolute Gasteiger partial charge is 0.222 e. The summed E-state index contributed by atoms with van der Waals surface area (Å²) in [4.78, 5) is 12.3. The average Bonchev–Trinajstić information content (AvgIpc) is 2.96. The highest BCUT2D eigenvalue weighted by Crippen LogP contribution is 2.15. The molecule has 3 unspecified atom stereocenters. The number of aliphatic hydroxyl groups excluding tert-OH is 3. The molecule has 1 amide bonds. The zero-order chi connectivity index (χ0) is 30.2. The minimum atomic E-state index is -0.945. The van der Waals surface area contributed by atoms with E-state index in [1.165, 1.54) is 116 Å². The Balaban J connectivity index is 3.76. The van der Waals surface area contributed by atoms with Crippen molar-refractivity contribution in [3.63, 3.8) is 0 Å². The fourth-order valence-corrected chi connectivity index (χ4v) is 5.24. The Morgan fingerprint density at radius 2 is 1.05 bits per heavy atom. The summed E-state index contributed by atoms with van der Waals surface area (Å²) >= 11 is 0. The Labute approximate surface area is 254 Å². The molecule has 4 N–H and O–H groups in total. The van der Waals surface area contributed by atoms with E-state index in [0.29, 0.717) is 6.42 Å². The number of hydrogen-bond acceptors (Lipinski definition) is 4. The van der Waals surface area contributed by atoms with Crippen LogP contribution < -0.4 is 5.32 Å². The van der Waals surface area contributed by atoms with E-state index in [1.54, 1.807) is 6.08 Å². The number of unbranched alkanes of at least 4 members (excludes halogenated alkanes) is 20. The van der Waals surface area contributed by atoms with E-state index in [4.69, 9.17) is 0 Å². The number of amides is 1. The molecule has 41 heavy (non-hydrogen) atoms. The molecule has 0 aromatic heterocycles. The fourth-order valence-electron chi connectivity index (χ4n) is 5.24. The Hall–Kier alpha value is -1.17. The van der Waals surface area contributed by atoms with Crippen LogP contribution in [0.4, 0.5) is 0 Å². The van der Waals surface area contributed by atoms with Crippen molar-refractivity contribution in [3.8, 4) is 0 Å². The first kappa shape index (κ1) is 39.8. The first-order valence-corrected chi connectivity index (χ1v) is 17.6. The number of rotatable bonds is 31. The van der Waals surface area contributed by atoms with Crippen molar-refractivity contribution in [2.24, 2.45) is 0 Å². The molecule has 5 heteroatoms. The van der Waals surface area contributed by atoms with Gasteiger partial charge in [-0.3, -0.25) is 4.79 Å². The lowest BCUT2D eigenvalue weighted by Crippen LogP contribution is -2.45. The van der Waals surface area contributed by atoms with Gasteiger partial charge >= 0.3 is 0 Å². The molecule has 3 atom stereocenters. The van der Waals surface area contributed by atoms with Gasteiger partial charge in [0.2, 0.25) is 5.91 Å². The second-order valence-electron chi connectivity index (χ2n) is 12.1. The number of hydrogen-bond donors (Lipinski definition) is 4. The highest BCUT2D eigenvalue weighted by molar-refractivity contribution is 5.76. The van der Waals surface area contributed by atoms with Gasteiger partial charge in [0.1, 0.15) is 0 Å². The number of nitrogens with one attached hydrogen (secondary N) is 1. The molecule has 0 aromatic carbocycles. The van der Waals surface area contributed by atoms with Crippen LogP contribution in [0.3, 0.4) is 0 Å². The van der Waals surface area contributed by atoms with E-state index in [9.17, 15) is 20.1 Å². The molecule has 0 saturated carbocycles. The Kier molecular flexibility index (Phi) is 30.9. The van der Waals surface area contributed by atoms with Gasteiger partial charge < -0.3 is 20.6 Å². The van der Waals surface area contributed by atoms with Crippen LogP contribution in [0.15, 0.2) is 24.3 Å². The summed E-state index contributed by atoms with van der Waals surface area (Å²) in [6.07, 6.45) is 35.9. The van der Waals surface area contributed by atoms with E-state index < -0.39 is 18.2 Å². The van der Waals surface area contributed by atoms with Crippen LogP contribution in [0, 0.1) is 0 Å². The van der Waals surface area contributed by atoms with Crippen molar-refractivity contribution < 1.29 is 20.1 Å². The van der Waals surface area contributed by atoms with Gasteiger partial charge in [-0.05, 0) is 32.1 Å². The highest BCUT2D eigenvalue weighted by Gasteiger charge is 2.20. The number of allylic oxidation sites excluding steroid dienone is 3. The predicted octanol–water partition coefficient (Wildman–Crippen LogP) is 9.09. The van der Waals surface area contributed by atoms with Crippen LogP contribution in [-0.4, -0.2) is 46.1 Å². The SMILES string of the molecule is CCCCCCC/C=C/CC/C=C/C(O)C(CO)NC(=O)CC(O)CCCCCCCCCCCCCCCCC. The molecular formula is C36H69NO4. The second kappa shape index (κ2) is 31.8. The summed E-state index contributed by atoms with van der Waals surface area (Å²) in [6.45, 7) is 4.16. The molecule has 0 radical (unpaired) electrons. The minimum Gasteiger partial charge on any atom is -0.394 e. The Morgan fingerprint density at radius 1 is 0.610 bits per heavy atom. The van der Waals surface area contributed by atoms with Crippen LogP contribution in [0.2, 0.25) is 0 Å². The van der Waals surface area contributed by atoms with Crippen molar-refractivity contribution in [1.82, 2.24) is 5.32 Å². The third kappa shape index (κ3) is 28.7. The lowest BCUT2D eigenvalue weighted by Gasteiger charge is -2.21. The molecule has 0 aromatic rings. The van der Waals surface area contributed by atoms with Crippen LogP contribution in [0.1, 0.15) is 174 Å². The van der Waals surface area contributed by atoms with Crippen LogP contribution >= 0.6 is 0 Å². The summed E-state index contributed by atoms with van der Waals surface area (Å²) in [7, 11) is 0. The molecule has 0 aliphatic carbocycles. The first-order valence-electron chi connectivity index (χ1n) is 17.6. The molecule has 0 aliphatic heterocycles. The van der Waals surface area contributed by atoms with Crippen LogP contribution in [-0.2, 0) is 4.79 Å². The summed E-state index contributed by atoms with van der Waals surface area (Å²) in [5.41, 5.74) is 0. The Bertz CT molecular complexity index is 606. The van der Waals surface area contributed by atoms with E-state index in [2.05, 4.69) is 31.3 Å². The van der Waals surface area contributed by atoms with E-state index in [-0.39, 0.29) is 18.9 Å². The standard InChI is InChI=1S/C36H69NO4/c1-3-5-7-9-11-13-15-16-17-18-20-21-23-25-27-29-33(39)31-36(41)37-34(32-38)35(40)30-28-26-24-22-19-14-12-10-8-6-4-2/h19,22,28,30,33-35,38-40H,3-18,20-21,23-27,29,31-32H2,1-2H3,(H,37,41)/b22-19+,30-28+. The van der Waals surface area contributed by atoms with Gasteiger partial charge in [-0.15, -0.1) is 0 Å². The number of aliphatic hydroxyl groups is 3. The molecule has 0 saturated heterocycles. The summed E-state index contributed by atoms with van der Waals surface area (Å²) in [6, 6.07) is -0.754. The quantitative estimate of drug-likeness (QED) is 0.0487. The van der Waals surface area contributed by atoms with Gasteiger partial charge in [-0.1, -0.05) is 160 Å². The summed E-state index contributed by atoms with van der Waals surface area (Å²) in [5, 5.41) is 32.9. The molecule has 0 rings (SSSR count). The van der Waals surface area contributed by atoms with Crippen molar-refractivity contribution in [2.45, 2.75) is 193 Å². The second-order valence-corrected chi connectivity index (χ2v) is 12.1. The maximum Gasteiger partial charge on any atom is 0.222 e. The van der Waals surface area contributed by atoms with E-state index >= 15 is 0 Å². The maximum absolute atomic E-state index is 12.3. The van der Waals surface area contributed by atoms with Crippen LogP contribution in [0.5, 0.6) is 0 Å². The highest BCUT2D eigenvalue weighted by atomic mass is 16.3. The number of carbonyl (C=O) groups is 1. The predicted molar refractivity (Wildman–Crippen MR) is 176 cm³/mol. The molecule has 0 bridgehead atoms. The molecule has 5 nitrogen and oxygen atoms in total. The van der Waals surface area contributed by atoms with Gasteiger partial charge in [-0.2, -0.15) is 0 Å². The fraction of sp³-hybridized carbons (Fsp3) is 0.861. The maximum atomic E-state index is 12.3. The lowest BCUT2D eigenvalue weighted by atomic mass is 10.0. The minimum absolute atomic E-state index is 0.00871. The molecule has 0 fully saturated rings. The molecule has 242 valence electrons. The van der Waals surface area contributed by atoms with Gasteiger partial charge in [0.05, 0.1) is 31.3 Å². The molecule has 0 spiro atoms. The Morgan fingerprint density at radius 3 is 1.56 bits per heavy atom. The van der Waals surface area contributed by atoms with Crippen LogP contribution in [0.25, 0.3) is 0 Å². The third-order valence-electron chi connectivity index (χ3n) is 7.99. The summed E-state index contributed by atoms with van der Waals surface area (Å²) in [5.74, 6) is -0.327. The largest absolute Gasteiger partial charge is 0.394 e. The molecule has 0 heterocycles.